The molecule has 0 N–H and O–H groups in total. The summed E-state index contributed by atoms with van der Waals surface area (Å²) in [6.45, 7) is 6.40. The number of benzene rings is 3. The molecule has 2 atom stereocenters. The molecule has 3 aromatic rings. The second-order valence-corrected chi connectivity index (χ2v) is 13.7. The fraction of sp³-hybridized carbons (Fsp3) is 0.361. The third-order valence-electron chi connectivity index (χ3n) is 9.22. The number of hydrazine groups is 1. The molecule has 3 amide bonds. The summed E-state index contributed by atoms with van der Waals surface area (Å²) in [4.78, 5) is 70.2. The van der Waals surface area contributed by atoms with Gasteiger partial charge in [0.05, 0.1) is 13.1 Å². The Morgan fingerprint density at radius 2 is 1.61 bits per heavy atom. The number of nitrogens with zero attached hydrogens (tertiary/aromatic N) is 5. The first-order valence-electron chi connectivity index (χ1n) is 16.6. The number of phosphoric acid groups is 1. The molecule has 3 aliphatic rings. The van der Waals surface area contributed by atoms with Gasteiger partial charge in [0, 0.05) is 44.7 Å². The van der Waals surface area contributed by atoms with Crippen LogP contribution in [0, 0.1) is 0 Å². The van der Waals surface area contributed by atoms with Crippen molar-refractivity contribution in [3.8, 4) is 5.75 Å². The summed E-state index contributed by atoms with van der Waals surface area (Å²) in [6, 6.07) is 22.7. The molecule has 0 bridgehead atoms. The minimum atomic E-state index is -5.25. The fourth-order valence-corrected chi connectivity index (χ4v) is 7.38. The van der Waals surface area contributed by atoms with E-state index < -0.39 is 20.0 Å². The maximum absolute atomic E-state index is 14.4. The topological polar surface area (TPSA) is 140 Å². The fourth-order valence-electron chi connectivity index (χ4n) is 7.00. The molecular weight excluding hydrogens is 691 g/mol. The molecule has 51 heavy (non-hydrogen) atoms. The van der Waals surface area contributed by atoms with Crippen molar-refractivity contribution in [1.82, 2.24) is 19.8 Å². The van der Waals surface area contributed by atoms with Gasteiger partial charge in [-0.2, -0.15) is 0 Å². The Kier molecular flexibility index (Phi) is 15.0. The summed E-state index contributed by atoms with van der Waals surface area (Å²) in [5, 5.41) is 3.34. The third kappa shape index (κ3) is 10.4. The van der Waals surface area contributed by atoms with Crippen molar-refractivity contribution in [2.75, 3.05) is 37.6 Å². The first-order chi connectivity index (χ1) is 23.6. The first kappa shape index (κ1) is 41.3. The normalized spacial score (nSPS) is 19.3. The Labute approximate surface area is 343 Å². The molecule has 3 saturated heterocycles. The van der Waals surface area contributed by atoms with Gasteiger partial charge in [0.25, 0.3) is 0 Å². The Hall–Kier alpha value is -2.48. The summed E-state index contributed by atoms with van der Waals surface area (Å²) in [6.07, 6.45) is 3.99. The SMILES string of the molecule is C=CCN1CC(=O)N2[C@@H](Cc3ccc(OP(=O)([O-])[O-])cc3)C(=O)N(Cc3cccc(N4CCCC4)c3)C[C@@H]2N1C(=O)CCc1ccccc1.[Na+].[Na+]. The van der Waals surface area contributed by atoms with Crippen molar-refractivity contribution < 1.29 is 92.4 Å². The van der Waals surface area contributed by atoms with Crippen LogP contribution in [0.3, 0.4) is 0 Å². The van der Waals surface area contributed by atoms with Crippen LogP contribution in [0.4, 0.5) is 5.69 Å². The molecule has 0 saturated carbocycles. The smallest absolute Gasteiger partial charge is 0.780 e. The van der Waals surface area contributed by atoms with Gasteiger partial charge in [0.2, 0.25) is 17.7 Å². The molecule has 0 aliphatic carbocycles. The monoisotopic (exact) mass is 731 g/mol. The molecule has 0 spiro atoms. The molecular formula is C36H40N5Na2O7P. The average Bonchev–Trinajstić information content (AvgIpc) is 3.62. The maximum Gasteiger partial charge on any atom is 1.00 e. The Bertz CT molecular complexity index is 1720. The van der Waals surface area contributed by atoms with Crippen molar-refractivity contribution in [2.45, 2.75) is 50.9 Å². The quantitative estimate of drug-likeness (QED) is 0.106. The van der Waals surface area contributed by atoms with E-state index in [4.69, 9.17) is 0 Å². The van der Waals surface area contributed by atoms with Gasteiger partial charge in [0.1, 0.15) is 25.8 Å². The maximum atomic E-state index is 14.4. The Balaban J connectivity index is 0.00000292. The minimum Gasteiger partial charge on any atom is -0.780 e. The molecule has 15 heteroatoms. The average molecular weight is 732 g/mol. The van der Waals surface area contributed by atoms with Crippen LogP contribution in [0.1, 0.15) is 36.0 Å². The van der Waals surface area contributed by atoms with Crippen molar-refractivity contribution in [1.29, 1.82) is 0 Å². The number of hydrogen-bond donors (Lipinski definition) is 0. The summed E-state index contributed by atoms with van der Waals surface area (Å²) in [5.41, 5.74) is 3.68. The van der Waals surface area contributed by atoms with Crippen LogP contribution in [0.2, 0.25) is 0 Å². The van der Waals surface area contributed by atoms with Crippen molar-refractivity contribution in [3.05, 3.63) is 108 Å². The largest absolute Gasteiger partial charge is 1.00 e. The third-order valence-corrected chi connectivity index (χ3v) is 9.66. The van der Waals surface area contributed by atoms with Crippen LogP contribution in [-0.2, 0) is 38.3 Å². The second-order valence-electron chi connectivity index (χ2n) is 12.6. The number of anilines is 1. The van der Waals surface area contributed by atoms with E-state index in [1.165, 1.54) is 17.0 Å². The zero-order chi connectivity index (χ0) is 34.5. The van der Waals surface area contributed by atoms with Gasteiger partial charge in [-0.25, -0.2) is 10.0 Å². The Morgan fingerprint density at radius 3 is 2.27 bits per heavy atom. The zero-order valence-corrected chi connectivity index (χ0v) is 34.2. The standard InChI is InChI=1S/C36H42N5O7P.2Na/c1-2-19-39-26-35(43)40-32(23-28-13-16-31(17-14-28)48-49(45,46)47)36(44)38(24-29-11-8-12-30(22-29)37-20-6-7-21-37)25-33(40)41(39)34(42)18-15-27-9-4-3-5-10-27;;/h2-5,8-14,16-17,22,32-33H,1,6-7,15,18-21,23-26H2,(H2,45,46,47);;/q;2*+1/p-2/t32-,33-;;/m0../s1. The van der Waals surface area contributed by atoms with Crippen LogP contribution < -0.4 is 78.3 Å². The Morgan fingerprint density at radius 1 is 0.922 bits per heavy atom. The number of carbonyl (C=O) groups excluding carboxylic acids is 3. The first-order valence-corrected chi connectivity index (χ1v) is 18.0. The molecule has 0 unspecified atom stereocenters. The van der Waals surface area contributed by atoms with Gasteiger partial charge in [-0.15, -0.1) is 6.58 Å². The summed E-state index contributed by atoms with van der Waals surface area (Å²) in [5.74, 6) is -0.854. The molecule has 258 valence electrons. The summed E-state index contributed by atoms with van der Waals surface area (Å²) >= 11 is 0. The van der Waals surface area contributed by atoms with Crippen molar-refractivity contribution in [2.24, 2.45) is 0 Å². The number of fused-ring (bicyclic) bond motifs is 1. The van der Waals surface area contributed by atoms with E-state index in [1.54, 1.807) is 33.1 Å². The van der Waals surface area contributed by atoms with E-state index in [0.717, 1.165) is 42.7 Å². The van der Waals surface area contributed by atoms with Crippen LogP contribution in [0.25, 0.3) is 0 Å². The van der Waals surface area contributed by atoms with Gasteiger partial charge in [-0.05, 0) is 60.2 Å². The number of rotatable bonds is 12. The number of aryl methyl sites for hydroxylation is 1. The van der Waals surface area contributed by atoms with E-state index in [-0.39, 0.29) is 122 Å². The van der Waals surface area contributed by atoms with E-state index in [9.17, 15) is 28.7 Å². The van der Waals surface area contributed by atoms with Crippen molar-refractivity contribution >= 4 is 31.2 Å². The second kappa shape index (κ2) is 18.5. The van der Waals surface area contributed by atoms with Gasteiger partial charge in [-0.1, -0.05) is 60.7 Å². The van der Waals surface area contributed by atoms with Gasteiger partial charge in [-0.3, -0.25) is 14.4 Å². The number of piperazine rings is 1. The predicted octanol–water partition coefficient (Wildman–Crippen LogP) is -3.51. The molecule has 0 radical (unpaired) electrons. The molecule has 3 aromatic carbocycles. The van der Waals surface area contributed by atoms with Gasteiger partial charge < -0.3 is 33.6 Å². The molecule has 6 rings (SSSR count). The van der Waals surface area contributed by atoms with Crippen LogP contribution in [0.15, 0.2) is 91.5 Å². The number of carbonyl (C=O) groups is 3. The predicted molar refractivity (Wildman–Crippen MR) is 179 cm³/mol. The molecule has 3 heterocycles. The van der Waals surface area contributed by atoms with E-state index >= 15 is 0 Å². The number of hydrogen-bond acceptors (Lipinski definition) is 9. The van der Waals surface area contributed by atoms with Crippen LogP contribution in [0.5, 0.6) is 5.75 Å². The van der Waals surface area contributed by atoms with Crippen LogP contribution >= 0.6 is 7.82 Å². The van der Waals surface area contributed by atoms with Crippen molar-refractivity contribution in [3.63, 3.8) is 0 Å². The van der Waals surface area contributed by atoms with E-state index in [0.29, 0.717) is 12.0 Å². The number of amides is 3. The van der Waals surface area contributed by atoms with Crippen LogP contribution in [-0.4, -0.2) is 82.5 Å². The van der Waals surface area contributed by atoms with E-state index in [2.05, 4.69) is 28.1 Å². The minimum absolute atomic E-state index is 0. The molecule has 3 aliphatic heterocycles. The molecule has 3 fully saturated rings. The van der Waals surface area contributed by atoms with E-state index in [1.807, 2.05) is 42.5 Å². The molecule has 0 aromatic heterocycles. The summed E-state index contributed by atoms with van der Waals surface area (Å²) in [7, 11) is -5.25. The van der Waals surface area contributed by atoms with Gasteiger partial charge >= 0.3 is 59.1 Å². The zero-order valence-electron chi connectivity index (χ0n) is 29.3. The summed E-state index contributed by atoms with van der Waals surface area (Å²) < 4.78 is 15.6. The number of phosphoric ester groups is 1. The molecule has 12 nitrogen and oxygen atoms in total. The van der Waals surface area contributed by atoms with Gasteiger partial charge in [0.15, 0.2) is 0 Å².